The average molecular weight is 692 g/mol. The molecule has 0 aliphatic heterocycles. The van der Waals surface area contributed by atoms with Gasteiger partial charge in [0.2, 0.25) is 5.91 Å². The Hall–Kier alpha value is -1.66. The minimum absolute atomic E-state index is 0.0768. The fourth-order valence-corrected chi connectivity index (χ4v) is 6.35. The van der Waals surface area contributed by atoms with E-state index in [1.165, 1.54) is 89.9 Å². The summed E-state index contributed by atoms with van der Waals surface area (Å²) in [6, 6.07) is -0.694. The van der Waals surface area contributed by atoms with Crippen molar-refractivity contribution in [1.29, 1.82) is 0 Å². The number of hydrogen-bond donors (Lipinski definition) is 3. The number of nitrogens with one attached hydrogen (secondary N) is 1. The summed E-state index contributed by atoms with van der Waals surface area (Å²) in [6.07, 6.45) is 39.6. The normalized spacial score (nSPS) is 13.7. The number of rotatable bonds is 37. The van der Waals surface area contributed by atoms with Crippen molar-refractivity contribution in [2.45, 2.75) is 232 Å². The molecule has 0 rings (SSSR count). The molecule has 0 fully saturated rings. The molecule has 49 heavy (non-hydrogen) atoms. The van der Waals surface area contributed by atoms with Gasteiger partial charge < -0.3 is 20.3 Å². The summed E-state index contributed by atoms with van der Waals surface area (Å²) in [7, 11) is 0. The molecule has 6 nitrogen and oxygen atoms in total. The lowest BCUT2D eigenvalue weighted by atomic mass is 10.0. The van der Waals surface area contributed by atoms with Crippen LogP contribution in [0.1, 0.15) is 213 Å². The number of ether oxygens (including phenoxy) is 1. The molecule has 3 atom stereocenters. The first-order chi connectivity index (χ1) is 24.0. The van der Waals surface area contributed by atoms with E-state index in [1.807, 2.05) is 0 Å². The maximum absolute atomic E-state index is 13.0. The summed E-state index contributed by atoms with van der Waals surface area (Å²) in [4.78, 5) is 25.8. The lowest BCUT2D eigenvalue weighted by molar-refractivity contribution is -0.151. The van der Waals surface area contributed by atoms with Crippen LogP contribution >= 0.6 is 0 Å². The molecule has 0 saturated carbocycles. The molecule has 288 valence electrons. The number of allylic oxidation sites excluding steroid dienone is 4. The Morgan fingerprint density at radius 2 is 1.10 bits per heavy atom. The SMILES string of the molecule is CC/C=C/C/C=C/CCCCCCCCCC(=O)OC(CCCCCCCCC)CC(=O)NC(CO)C(O)CCCCCCCCCCC. The Kier molecular flexibility index (Phi) is 36.3. The van der Waals surface area contributed by atoms with Gasteiger partial charge in [-0.15, -0.1) is 0 Å². The molecular weight excluding hydrogens is 610 g/mol. The fourth-order valence-electron chi connectivity index (χ4n) is 6.35. The standard InChI is InChI=1S/C43H81NO5/c1-4-7-10-13-16-18-19-20-21-22-24-27-30-33-36-43(48)49-39(34-31-28-25-15-12-9-6-3)37-42(47)44-40(38-45)41(46)35-32-29-26-23-17-14-11-8-5-2/h7,10,16,18,39-41,45-46H,4-6,8-9,11-15,17,19-38H2,1-3H3,(H,44,47)/b10-7+,18-16+. The van der Waals surface area contributed by atoms with E-state index in [4.69, 9.17) is 4.74 Å². The number of esters is 1. The monoisotopic (exact) mass is 692 g/mol. The minimum atomic E-state index is -0.780. The zero-order chi connectivity index (χ0) is 36.0. The lowest BCUT2D eigenvalue weighted by Crippen LogP contribution is -2.46. The van der Waals surface area contributed by atoms with Crippen molar-refractivity contribution in [3.8, 4) is 0 Å². The number of unbranched alkanes of at least 4 members (excludes halogenated alkanes) is 21. The van der Waals surface area contributed by atoms with Gasteiger partial charge in [0.05, 0.1) is 25.2 Å². The van der Waals surface area contributed by atoms with Crippen molar-refractivity contribution in [2.24, 2.45) is 0 Å². The van der Waals surface area contributed by atoms with Gasteiger partial charge in [-0.05, 0) is 51.4 Å². The molecule has 1 amide bonds. The van der Waals surface area contributed by atoms with Crippen LogP contribution in [0, 0.1) is 0 Å². The van der Waals surface area contributed by atoms with Crippen LogP contribution < -0.4 is 5.32 Å². The Morgan fingerprint density at radius 1 is 0.612 bits per heavy atom. The van der Waals surface area contributed by atoms with E-state index < -0.39 is 18.2 Å². The van der Waals surface area contributed by atoms with E-state index in [2.05, 4.69) is 50.4 Å². The van der Waals surface area contributed by atoms with Crippen LogP contribution in [0.15, 0.2) is 24.3 Å². The highest BCUT2D eigenvalue weighted by Gasteiger charge is 2.24. The van der Waals surface area contributed by atoms with Crippen molar-refractivity contribution in [3.05, 3.63) is 24.3 Å². The number of aliphatic hydroxyl groups is 2. The molecule has 0 saturated heterocycles. The quantitative estimate of drug-likeness (QED) is 0.0342. The molecule has 0 heterocycles. The predicted octanol–water partition coefficient (Wildman–Crippen LogP) is 11.6. The summed E-state index contributed by atoms with van der Waals surface area (Å²) in [5.74, 6) is -0.486. The smallest absolute Gasteiger partial charge is 0.306 e. The third-order valence-electron chi connectivity index (χ3n) is 9.54. The van der Waals surface area contributed by atoms with E-state index in [1.54, 1.807) is 0 Å². The lowest BCUT2D eigenvalue weighted by Gasteiger charge is -2.24. The Bertz CT molecular complexity index is 782. The van der Waals surface area contributed by atoms with E-state index in [-0.39, 0.29) is 24.9 Å². The third kappa shape index (κ3) is 33.3. The van der Waals surface area contributed by atoms with E-state index >= 15 is 0 Å². The topological polar surface area (TPSA) is 95.9 Å². The van der Waals surface area contributed by atoms with Crippen molar-refractivity contribution in [2.75, 3.05) is 6.61 Å². The summed E-state index contributed by atoms with van der Waals surface area (Å²) >= 11 is 0. The minimum Gasteiger partial charge on any atom is -0.462 e. The van der Waals surface area contributed by atoms with Gasteiger partial charge in [-0.3, -0.25) is 9.59 Å². The van der Waals surface area contributed by atoms with E-state index in [0.29, 0.717) is 19.3 Å². The predicted molar refractivity (Wildman–Crippen MR) is 209 cm³/mol. The van der Waals surface area contributed by atoms with Crippen molar-refractivity contribution >= 4 is 11.9 Å². The van der Waals surface area contributed by atoms with Gasteiger partial charge in [0.15, 0.2) is 0 Å². The summed E-state index contributed by atoms with van der Waals surface area (Å²) in [5.41, 5.74) is 0. The maximum atomic E-state index is 13.0. The molecule has 0 spiro atoms. The zero-order valence-corrected chi connectivity index (χ0v) is 32.6. The fraction of sp³-hybridized carbons (Fsp3) is 0.860. The number of amides is 1. The second-order valence-corrected chi connectivity index (χ2v) is 14.4. The number of hydrogen-bond acceptors (Lipinski definition) is 5. The molecule has 0 aromatic heterocycles. The van der Waals surface area contributed by atoms with Gasteiger partial charge in [-0.2, -0.15) is 0 Å². The largest absolute Gasteiger partial charge is 0.462 e. The summed E-state index contributed by atoms with van der Waals surface area (Å²) in [5, 5.41) is 23.4. The first kappa shape index (κ1) is 47.3. The molecule has 6 heteroatoms. The van der Waals surface area contributed by atoms with Crippen LogP contribution in [0.3, 0.4) is 0 Å². The molecular formula is C43H81NO5. The van der Waals surface area contributed by atoms with Crippen LogP contribution in [-0.4, -0.2) is 46.9 Å². The Labute approximate surface area is 303 Å². The highest BCUT2D eigenvalue weighted by molar-refractivity contribution is 5.77. The van der Waals surface area contributed by atoms with Gasteiger partial charge in [0.25, 0.3) is 0 Å². The first-order valence-corrected chi connectivity index (χ1v) is 21.1. The average Bonchev–Trinajstić information content (AvgIpc) is 3.09. The molecule has 0 radical (unpaired) electrons. The molecule has 0 aromatic carbocycles. The molecule has 3 N–H and O–H groups in total. The summed E-state index contributed by atoms with van der Waals surface area (Å²) in [6.45, 7) is 6.31. The van der Waals surface area contributed by atoms with Gasteiger partial charge in [-0.25, -0.2) is 0 Å². The van der Waals surface area contributed by atoms with Gasteiger partial charge in [0.1, 0.15) is 6.10 Å². The molecule has 0 bridgehead atoms. The third-order valence-corrected chi connectivity index (χ3v) is 9.54. The van der Waals surface area contributed by atoms with Crippen LogP contribution in [0.25, 0.3) is 0 Å². The van der Waals surface area contributed by atoms with Gasteiger partial charge >= 0.3 is 5.97 Å². The van der Waals surface area contributed by atoms with Gasteiger partial charge in [-0.1, -0.05) is 173 Å². The van der Waals surface area contributed by atoms with Crippen LogP contribution in [0.2, 0.25) is 0 Å². The second kappa shape index (κ2) is 37.6. The number of carbonyl (C=O) groups excluding carboxylic acids is 2. The Balaban J connectivity index is 4.47. The highest BCUT2D eigenvalue weighted by atomic mass is 16.5. The van der Waals surface area contributed by atoms with E-state index in [0.717, 1.165) is 77.0 Å². The summed E-state index contributed by atoms with van der Waals surface area (Å²) < 4.78 is 5.85. The number of aliphatic hydroxyl groups excluding tert-OH is 2. The molecule has 0 aromatic rings. The van der Waals surface area contributed by atoms with Crippen LogP contribution in [0.4, 0.5) is 0 Å². The van der Waals surface area contributed by atoms with Gasteiger partial charge in [0, 0.05) is 6.42 Å². The Morgan fingerprint density at radius 3 is 1.65 bits per heavy atom. The number of carbonyl (C=O) groups is 2. The first-order valence-electron chi connectivity index (χ1n) is 21.1. The maximum Gasteiger partial charge on any atom is 0.306 e. The van der Waals surface area contributed by atoms with Crippen LogP contribution in [-0.2, 0) is 14.3 Å². The zero-order valence-electron chi connectivity index (χ0n) is 32.6. The molecule has 0 aliphatic rings. The van der Waals surface area contributed by atoms with Crippen molar-refractivity contribution in [1.82, 2.24) is 5.32 Å². The van der Waals surface area contributed by atoms with Crippen molar-refractivity contribution in [3.63, 3.8) is 0 Å². The van der Waals surface area contributed by atoms with Crippen LogP contribution in [0.5, 0.6) is 0 Å². The highest BCUT2D eigenvalue weighted by Crippen LogP contribution is 2.17. The second-order valence-electron chi connectivity index (χ2n) is 14.4. The molecule has 0 aliphatic carbocycles. The molecule has 3 unspecified atom stereocenters. The van der Waals surface area contributed by atoms with Crippen molar-refractivity contribution < 1.29 is 24.5 Å². The van der Waals surface area contributed by atoms with E-state index in [9.17, 15) is 19.8 Å².